The van der Waals surface area contributed by atoms with E-state index in [1.165, 1.54) is 22.3 Å². The lowest BCUT2D eigenvalue weighted by atomic mass is 9.69. The van der Waals surface area contributed by atoms with E-state index in [2.05, 4.69) is 48.5 Å². The van der Waals surface area contributed by atoms with Crippen LogP contribution in [0.15, 0.2) is 72.8 Å². The molecule has 0 heterocycles. The van der Waals surface area contributed by atoms with E-state index in [0.29, 0.717) is 11.7 Å². The fraction of sp³-hybridized carbons (Fsp3) is 0.280. The molecule has 0 saturated heterocycles. The van der Waals surface area contributed by atoms with Crippen LogP contribution in [0, 0.1) is 0 Å². The van der Waals surface area contributed by atoms with E-state index in [4.69, 9.17) is 4.74 Å². The second-order valence-corrected chi connectivity index (χ2v) is 7.65. The zero-order chi connectivity index (χ0) is 19.5. The number of benzene rings is 3. The lowest BCUT2D eigenvalue weighted by Crippen LogP contribution is -2.20. The highest BCUT2D eigenvalue weighted by Crippen LogP contribution is 2.47. The standard InChI is InChI=1S/C25H26O3/c1-17(26)16-28-22-11-7-19(8-12-22)25-23(18-5-3-2-4-6-18)13-9-20-15-21(27)10-14-24(20)25/h2-8,10-12,14-15,17,23,25-27H,9,13,16H2,1H3. The van der Waals surface area contributed by atoms with Gasteiger partial charge >= 0.3 is 0 Å². The van der Waals surface area contributed by atoms with E-state index in [9.17, 15) is 10.2 Å². The van der Waals surface area contributed by atoms with Crippen molar-refractivity contribution in [1.29, 1.82) is 0 Å². The molecule has 2 N–H and O–H groups in total. The summed E-state index contributed by atoms with van der Waals surface area (Å²) in [4.78, 5) is 0. The Morgan fingerprint density at radius 2 is 1.71 bits per heavy atom. The van der Waals surface area contributed by atoms with Crippen molar-refractivity contribution < 1.29 is 14.9 Å². The number of aromatic hydroxyl groups is 1. The highest BCUT2D eigenvalue weighted by Gasteiger charge is 2.32. The Balaban J connectivity index is 1.71. The predicted octanol–water partition coefficient (Wildman–Crippen LogP) is 5.01. The topological polar surface area (TPSA) is 49.7 Å². The van der Waals surface area contributed by atoms with Crippen molar-refractivity contribution in [3.05, 3.63) is 95.1 Å². The van der Waals surface area contributed by atoms with Gasteiger partial charge < -0.3 is 14.9 Å². The minimum atomic E-state index is -0.486. The van der Waals surface area contributed by atoms with Gasteiger partial charge in [-0.05, 0) is 72.2 Å². The van der Waals surface area contributed by atoms with Crippen LogP contribution in [0.2, 0.25) is 0 Å². The SMILES string of the molecule is CC(O)COc1ccc(C2c3ccc(O)cc3CCC2c2ccccc2)cc1. The number of aliphatic hydroxyl groups is 1. The third kappa shape index (κ3) is 3.90. The van der Waals surface area contributed by atoms with Crippen LogP contribution in [-0.4, -0.2) is 22.9 Å². The maximum atomic E-state index is 9.93. The number of aryl methyl sites for hydroxylation is 1. The Bertz CT molecular complexity index is 916. The Kier molecular flexibility index (Phi) is 5.36. The predicted molar refractivity (Wildman–Crippen MR) is 111 cm³/mol. The van der Waals surface area contributed by atoms with Crippen molar-refractivity contribution >= 4 is 0 Å². The van der Waals surface area contributed by atoms with Crippen LogP contribution in [0.25, 0.3) is 0 Å². The quantitative estimate of drug-likeness (QED) is 0.660. The number of aliphatic hydroxyl groups excluding tert-OH is 1. The number of hydrogen-bond donors (Lipinski definition) is 2. The van der Waals surface area contributed by atoms with Crippen molar-refractivity contribution in [3.8, 4) is 11.5 Å². The van der Waals surface area contributed by atoms with E-state index in [1.54, 1.807) is 13.0 Å². The molecule has 3 unspecified atom stereocenters. The van der Waals surface area contributed by atoms with Crippen LogP contribution in [-0.2, 0) is 6.42 Å². The Morgan fingerprint density at radius 3 is 2.43 bits per heavy atom. The minimum Gasteiger partial charge on any atom is -0.508 e. The average molecular weight is 374 g/mol. The van der Waals surface area contributed by atoms with Crippen molar-refractivity contribution in [3.63, 3.8) is 0 Å². The summed E-state index contributed by atoms with van der Waals surface area (Å²) in [5, 5.41) is 19.4. The largest absolute Gasteiger partial charge is 0.508 e. The fourth-order valence-corrected chi connectivity index (χ4v) is 4.27. The van der Waals surface area contributed by atoms with Gasteiger partial charge in [-0.15, -0.1) is 0 Å². The summed E-state index contributed by atoms with van der Waals surface area (Å²) >= 11 is 0. The highest BCUT2D eigenvalue weighted by atomic mass is 16.5. The molecule has 0 amide bonds. The van der Waals surface area contributed by atoms with Gasteiger partial charge in [0.1, 0.15) is 18.1 Å². The monoisotopic (exact) mass is 374 g/mol. The van der Waals surface area contributed by atoms with E-state index in [-0.39, 0.29) is 12.5 Å². The maximum absolute atomic E-state index is 9.93. The van der Waals surface area contributed by atoms with Gasteiger partial charge in [0.2, 0.25) is 0 Å². The molecule has 3 aromatic rings. The molecule has 0 aliphatic heterocycles. The molecule has 1 aliphatic rings. The number of rotatable bonds is 5. The molecule has 0 fully saturated rings. The van der Waals surface area contributed by atoms with Crippen LogP contribution < -0.4 is 4.74 Å². The lowest BCUT2D eigenvalue weighted by molar-refractivity contribution is 0.122. The molecule has 0 aromatic heterocycles. The Labute approximate surface area is 166 Å². The number of ether oxygens (including phenoxy) is 1. The number of phenols is 1. The summed E-state index contributed by atoms with van der Waals surface area (Å²) in [5.41, 5.74) is 5.10. The summed E-state index contributed by atoms with van der Waals surface area (Å²) in [5.74, 6) is 1.72. The molecule has 3 atom stereocenters. The number of fused-ring (bicyclic) bond motifs is 1. The molecule has 3 heteroatoms. The van der Waals surface area contributed by atoms with Crippen molar-refractivity contribution in [2.24, 2.45) is 0 Å². The number of hydrogen-bond acceptors (Lipinski definition) is 3. The van der Waals surface area contributed by atoms with E-state index < -0.39 is 6.10 Å². The lowest BCUT2D eigenvalue weighted by Gasteiger charge is -2.34. The van der Waals surface area contributed by atoms with Crippen LogP contribution in [0.3, 0.4) is 0 Å². The molecule has 0 radical (unpaired) electrons. The summed E-state index contributed by atoms with van der Waals surface area (Å²) in [6.45, 7) is 2.00. The van der Waals surface area contributed by atoms with Crippen LogP contribution in [0.5, 0.6) is 11.5 Å². The third-order valence-corrected chi connectivity index (χ3v) is 5.55. The Morgan fingerprint density at radius 1 is 0.964 bits per heavy atom. The van der Waals surface area contributed by atoms with E-state index in [0.717, 1.165) is 18.6 Å². The first-order valence-electron chi connectivity index (χ1n) is 9.89. The van der Waals surface area contributed by atoms with Gasteiger partial charge in [-0.25, -0.2) is 0 Å². The molecule has 0 bridgehead atoms. The van der Waals surface area contributed by atoms with Gasteiger partial charge in [0.25, 0.3) is 0 Å². The molecular formula is C25H26O3. The molecule has 3 nitrogen and oxygen atoms in total. The van der Waals surface area contributed by atoms with Gasteiger partial charge in [-0.1, -0.05) is 48.5 Å². The van der Waals surface area contributed by atoms with E-state index in [1.807, 2.05) is 18.2 Å². The molecule has 3 aromatic carbocycles. The number of phenolic OH excluding ortho intramolecular Hbond substituents is 1. The average Bonchev–Trinajstić information content (AvgIpc) is 2.72. The first kappa shape index (κ1) is 18.6. The highest BCUT2D eigenvalue weighted by molar-refractivity contribution is 5.48. The van der Waals surface area contributed by atoms with Gasteiger partial charge in [0, 0.05) is 5.92 Å². The molecule has 1 aliphatic carbocycles. The Hall–Kier alpha value is -2.78. The van der Waals surface area contributed by atoms with Gasteiger partial charge in [0.15, 0.2) is 0 Å². The van der Waals surface area contributed by atoms with E-state index >= 15 is 0 Å². The van der Waals surface area contributed by atoms with Crippen molar-refractivity contribution in [2.45, 2.75) is 37.7 Å². The smallest absolute Gasteiger partial charge is 0.119 e. The summed E-state index contributed by atoms with van der Waals surface area (Å²) in [6.07, 6.45) is 1.53. The fourth-order valence-electron chi connectivity index (χ4n) is 4.27. The third-order valence-electron chi connectivity index (χ3n) is 5.55. The first-order valence-corrected chi connectivity index (χ1v) is 9.89. The van der Waals surface area contributed by atoms with Crippen LogP contribution in [0.4, 0.5) is 0 Å². The minimum absolute atomic E-state index is 0.234. The second-order valence-electron chi connectivity index (χ2n) is 7.65. The van der Waals surface area contributed by atoms with Crippen molar-refractivity contribution in [2.75, 3.05) is 6.61 Å². The van der Waals surface area contributed by atoms with Crippen LogP contribution in [0.1, 0.15) is 47.4 Å². The maximum Gasteiger partial charge on any atom is 0.119 e. The summed E-state index contributed by atoms with van der Waals surface area (Å²) in [6, 6.07) is 24.7. The van der Waals surface area contributed by atoms with Gasteiger partial charge in [-0.3, -0.25) is 0 Å². The zero-order valence-corrected chi connectivity index (χ0v) is 16.1. The van der Waals surface area contributed by atoms with Crippen molar-refractivity contribution in [1.82, 2.24) is 0 Å². The summed E-state index contributed by atoms with van der Waals surface area (Å²) < 4.78 is 5.62. The second kappa shape index (κ2) is 8.07. The van der Waals surface area contributed by atoms with Gasteiger partial charge in [-0.2, -0.15) is 0 Å². The molecule has 144 valence electrons. The molecule has 0 spiro atoms. The zero-order valence-electron chi connectivity index (χ0n) is 16.1. The van der Waals surface area contributed by atoms with Crippen LogP contribution >= 0.6 is 0 Å². The normalized spacial score (nSPS) is 19.6. The molecular weight excluding hydrogens is 348 g/mol. The molecule has 28 heavy (non-hydrogen) atoms. The molecule has 4 rings (SSSR count). The van der Waals surface area contributed by atoms with Gasteiger partial charge in [0.05, 0.1) is 6.10 Å². The molecule has 0 saturated carbocycles. The summed E-state index contributed by atoms with van der Waals surface area (Å²) in [7, 11) is 0. The first-order chi connectivity index (χ1) is 13.6.